The van der Waals surface area contributed by atoms with Crippen molar-refractivity contribution in [3.05, 3.63) is 146 Å². The van der Waals surface area contributed by atoms with Crippen molar-refractivity contribution in [2.45, 2.75) is 0 Å². The molecule has 0 radical (unpaired) electrons. The van der Waals surface area contributed by atoms with Crippen molar-refractivity contribution < 1.29 is 0 Å². The highest BCUT2D eigenvalue weighted by Gasteiger charge is 2.21. The number of nitrogens with zero attached hydrogens (tertiary/aromatic N) is 4. The Labute approximate surface area is 241 Å². The van der Waals surface area contributed by atoms with Crippen molar-refractivity contribution >= 4 is 54.4 Å². The van der Waals surface area contributed by atoms with Gasteiger partial charge in [-0.3, -0.25) is 9.55 Å². The Kier molecular flexibility index (Phi) is 4.87. The van der Waals surface area contributed by atoms with E-state index in [-0.39, 0.29) is 0 Å². The minimum atomic E-state index is 0.803. The van der Waals surface area contributed by atoms with Gasteiger partial charge in [0.2, 0.25) is 0 Å². The number of aromatic nitrogens is 4. The van der Waals surface area contributed by atoms with Gasteiger partial charge < -0.3 is 4.57 Å². The first kappa shape index (κ1) is 23.0. The van der Waals surface area contributed by atoms with E-state index in [1.54, 1.807) is 0 Å². The third-order valence-corrected chi connectivity index (χ3v) is 8.40. The van der Waals surface area contributed by atoms with Crippen LogP contribution in [0.5, 0.6) is 0 Å². The Morgan fingerprint density at radius 1 is 0.429 bits per heavy atom. The van der Waals surface area contributed by atoms with E-state index in [9.17, 15) is 0 Å². The fraction of sp³-hybridized carbons (Fsp3) is 0. The molecule has 0 saturated carbocycles. The van der Waals surface area contributed by atoms with Crippen LogP contribution in [0.25, 0.3) is 77.1 Å². The summed E-state index contributed by atoms with van der Waals surface area (Å²) >= 11 is 0. The molecule has 9 aromatic rings. The number of fused-ring (bicyclic) bond motifs is 9. The highest BCUT2D eigenvalue weighted by molar-refractivity contribution is 6.30. The van der Waals surface area contributed by atoms with E-state index in [1.165, 1.54) is 43.4 Å². The van der Waals surface area contributed by atoms with Crippen LogP contribution in [-0.4, -0.2) is 19.1 Å². The van der Waals surface area contributed by atoms with Crippen molar-refractivity contribution in [2.75, 3.05) is 0 Å². The number of para-hydroxylation sites is 3. The Balaban J connectivity index is 1.44. The van der Waals surface area contributed by atoms with Crippen LogP contribution >= 0.6 is 0 Å². The molecule has 0 aliphatic heterocycles. The third kappa shape index (κ3) is 3.23. The maximum atomic E-state index is 5.00. The zero-order valence-corrected chi connectivity index (χ0v) is 22.6. The Morgan fingerprint density at radius 2 is 1.10 bits per heavy atom. The molecule has 4 nitrogen and oxygen atoms in total. The summed E-state index contributed by atoms with van der Waals surface area (Å²) in [6.07, 6.45) is 3.79. The van der Waals surface area contributed by atoms with Gasteiger partial charge in [-0.15, -0.1) is 0 Å². The predicted molar refractivity (Wildman–Crippen MR) is 174 cm³/mol. The second-order valence-electron chi connectivity index (χ2n) is 10.7. The van der Waals surface area contributed by atoms with Gasteiger partial charge in [0.1, 0.15) is 0 Å². The number of hydrogen-bond donors (Lipinski definition) is 0. The second-order valence-corrected chi connectivity index (χ2v) is 10.7. The van der Waals surface area contributed by atoms with Crippen molar-refractivity contribution in [3.63, 3.8) is 0 Å². The summed E-state index contributed by atoms with van der Waals surface area (Å²) in [5.74, 6) is 0.803. The number of rotatable bonds is 3. The van der Waals surface area contributed by atoms with Gasteiger partial charge in [-0.25, -0.2) is 4.98 Å². The zero-order valence-electron chi connectivity index (χ0n) is 22.6. The quantitative estimate of drug-likeness (QED) is 0.225. The second kappa shape index (κ2) is 8.88. The molecule has 0 spiro atoms. The third-order valence-electron chi connectivity index (χ3n) is 8.40. The average molecular weight is 537 g/mol. The van der Waals surface area contributed by atoms with E-state index in [1.807, 2.05) is 30.6 Å². The summed E-state index contributed by atoms with van der Waals surface area (Å²) in [5, 5.41) is 7.31. The van der Waals surface area contributed by atoms with Crippen LogP contribution in [0, 0.1) is 0 Å². The van der Waals surface area contributed by atoms with Crippen LogP contribution in [-0.2, 0) is 0 Å². The van der Waals surface area contributed by atoms with E-state index in [0.717, 1.165) is 33.8 Å². The molecule has 196 valence electrons. The predicted octanol–water partition coefficient (Wildman–Crippen LogP) is 9.49. The summed E-state index contributed by atoms with van der Waals surface area (Å²) in [6, 6.07) is 47.2. The molecule has 0 aliphatic rings. The zero-order chi connectivity index (χ0) is 27.6. The molecule has 3 aromatic heterocycles. The van der Waals surface area contributed by atoms with Crippen LogP contribution in [0.3, 0.4) is 0 Å². The van der Waals surface area contributed by atoms with Gasteiger partial charge >= 0.3 is 0 Å². The monoisotopic (exact) mass is 536 g/mol. The lowest BCUT2D eigenvalue weighted by molar-refractivity contribution is 1.05. The molecule has 0 fully saturated rings. The fourth-order valence-corrected chi connectivity index (χ4v) is 6.61. The molecule has 6 aromatic carbocycles. The molecule has 0 bridgehead atoms. The standard InChI is InChI=1S/C38H24N4/c1-3-11-25(12-4-1)31-23-40-35(24-39-31)42-32-17-9-7-15-28(32)29-21-19-26-20-22-34-37(36(26)38(29)42)30-16-8-10-18-33(30)41(34)27-13-5-2-6-14-27/h1-24H. The maximum absolute atomic E-state index is 5.00. The molecule has 0 aliphatic carbocycles. The van der Waals surface area contributed by atoms with Crippen LogP contribution in [0.2, 0.25) is 0 Å². The van der Waals surface area contributed by atoms with E-state index in [2.05, 4.69) is 124 Å². The minimum absolute atomic E-state index is 0.803. The van der Waals surface area contributed by atoms with Gasteiger partial charge in [0, 0.05) is 38.2 Å². The summed E-state index contributed by atoms with van der Waals surface area (Å²) in [7, 11) is 0. The molecular weight excluding hydrogens is 512 g/mol. The molecule has 0 saturated heterocycles. The van der Waals surface area contributed by atoms with Crippen LogP contribution in [0.1, 0.15) is 0 Å². The lowest BCUT2D eigenvalue weighted by Gasteiger charge is -2.11. The van der Waals surface area contributed by atoms with Gasteiger partial charge in [-0.2, -0.15) is 0 Å². The van der Waals surface area contributed by atoms with E-state index in [4.69, 9.17) is 9.97 Å². The topological polar surface area (TPSA) is 35.6 Å². The first-order valence-electron chi connectivity index (χ1n) is 14.2. The molecular formula is C38H24N4. The van der Waals surface area contributed by atoms with Gasteiger partial charge in [-0.05, 0) is 35.7 Å². The van der Waals surface area contributed by atoms with Crippen LogP contribution < -0.4 is 0 Å². The van der Waals surface area contributed by atoms with Gasteiger partial charge in [-0.1, -0.05) is 103 Å². The van der Waals surface area contributed by atoms with Gasteiger partial charge in [0.15, 0.2) is 5.82 Å². The Morgan fingerprint density at radius 3 is 1.86 bits per heavy atom. The molecule has 0 unspecified atom stereocenters. The molecule has 9 rings (SSSR count). The Bertz CT molecular complexity index is 2430. The largest absolute Gasteiger partial charge is 0.309 e. The van der Waals surface area contributed by atoms with Crippen molar-refractivity contribution in [2.24, 2.45) is 0 Å². The highest BCUT2D eigenvalue weighted by Crippen LogP contribution is 2.43. The summed E-state index contributed by atoms with van der Waals surface area (Å²) < 4.78 is 4.67. The lowest BCUT2D eigenvalue weighted by atomic mass is 10.0. The van der Waals surface area contributed by atoms with Crippen molar-refractivity contribution in [1.29, 1.82) is 0 Å². The van der Waals surface area contributed by atoms with Crippen molar-refractivity contribution in [1.82, 2.24) is 19.1 Å². The first-order valence-corrected chi connectivity index (χ1v) is 14.2. The Hall–Kier alpha value is -5.74. The van der Waals surface area contributed by atoms with Gasteiger partial charge in [0.05, 0.1) is 40.2 Å². The number of benzene rings is 6. The van der Waals surface area contributed by atoms with Gasteiger partial charge in [0.25, 0.3) is 0 Å². The molecule has 0 amide bonds. The van der Waals surface area contributed by atoms with Crippen LogP contribution in [0.15, 0.2) is 146 Å². The minimum Gasteiger partial charge on any atom is -0.309 e. The summed E-state index contributed by atoms with van der Waals surface area (Å²) in [4.78, 5) is 9.86. The fourth-order valence-electron chi connectivity index (χ4n) is 6.61. The average Bonchev–Trinajstić information content (AvgIpc) is 3.59. The van der Waals surface area contributed by atoms with E-state index >= 15 is 0 Å². The van der Waals surface area contributed by atoms with Crippen LogP contribution in [0.4, 0.5) is 0 Å². The molecule has 4 heteroatoms. The summed E-state index contributed by atoms with van der Waals surface area (Å²) in [6.45, 7) is 0. The van der Waals surface area contributed by atoms with E-state index in [0.29, 0.717) is 0 Å². The van der Waals surface area contributed by atoms with Crippen molar-refractivity contribution in [3.8, 4) is 22.8 Å². The smallest absolute Gasteiger partial charge is 0.156 e. The SMILES string of the molecule is c1ccc(-c2cnc(-n3c4ccccc4c4ccc5ccc6c(c7ccccc7n6-c6ccccc6)c5c43)cn2)cc1. The number of hydrogen-bond acceptors (Lipinski definition) is 2. The molecule has 42 heavy (non-hydrogen) atoms. The molecule has 3 heterocycles. The lowest BCUT2D eigenvalue weighted by Crippen LogP contribution is -1.99. The van der Waals surface area contributed by atoms with E-state index < -0.39 is 0 Å². The summed E-state index contributed by atoms with van der Waals surface area (Å²) in [5.41, 5.74) is 7.71. The molecule has 0 atom stereocenters. The maximum Gasteiger partial charge on any atom is 0.156 e. The molecule has 0 N–H and O–H groups in total. The normalized spacial score (nSPS) is 11.8. The first-order chi connectivity index (χ1) is 20.9. The highest BCUT2D eigenvalue weighted by atomic mass is 15.1.